The molecule has 3 rings (SSSR count). The van der Waals surface area contributed by atoms with E-state index in [0.717, 1.165) is 38.0 Å². The molecule has 0 spiro atoms. The molecule has 4 heteroatoms. The smallest absolute Gasteiger partial charge is 0.241 e. The van der Waals surface area contributed by atoms with Gasteiger partial charge in [0, 0.05) is 25.0 Å². The Morgan fingerprint density at radius 2 is 2.32 bits per heavy atom. The number of carbonyl (C=O) groups excluding carboxylic acids is 1. The summed E-state index contributed by atoms with van der Waals surface area (Å²) in [6.45, 7) is 2.02. The van der Waals surface area contributed by atoms with Gasteiger partial charge in [0.15, 0.2) is 0 Å². The van der Waals surface area contributed by atoms with E-state index in [2.05, 4.69) is 34.7 Å². The maximum atomic E-state index is 12.1. The van der Waals surface area contributed by atoms with Gasteiger partial charge in [-0.15, -0.1) is 0 Å². The van der Waals surface area contributed by atoms with Gasteiger partial charge in [-0.1, -0.05) is 6.42 Å². The van der Waals surface area contributed by atoms with Crippen molar-refractivity contribution in [1.29, 1.82) is 0 Å². The number of hydrogen-bond acceptors (Lipinski definition) is 3. The highest BCUT2D eigenvalue weighted by Gasteiger charge is 2.21. The topological polar surface area (TPSA) is 44.4 Å². The lowest BCUT2D eigenvalue weighted by molar-refractivity contribution is -0.118. The second kappa shape index (κ2) is 5.21. The maximum absolute atomic E-state index is 12.1. The monoisotopic (exact) mass is 259 g/mol. The van der Waals surface area contributed by atoms with Gasteiger partial charge in [-0.05, 0) is 49.6 Å². The molecular formula is C15H21N3O. The minimum Gasteiger partial charge on any atom is -0.374 e. The van der Waals surface area contributed by atoms with E-state index in [4.69, 9.17) is 0 Å². The van der Waals surface area contributed by atoms with Crippen LogP contribution < -0.4 is 15.5 Å². The first-order chi connectivity index (χ1) is 9.24. The Kier molecular flexibility index (Phi) is 3.42. The van der Waals surface area contributed by atoms with Gasteiger partial charge < -0.3 is 15.5 Å². The summed E-state index contributed by atoms with van der Waals surface area (Å²) in [5.41, 5.74) is 3.54. The van der Waals surface area contributed by atoms with Gasteiger partial charge in [0.25, 0.3) is 0 Å². The Bertz CT molecular complexity index is 480. The van der Waals surface area contributed by atoms with E-state index < -0.39 is 0 Å². The zero-order valence-electron chi connectivity index (χ0n) is 11.4. The summed E-state index contributed by atoms with van der Waals surface area (Å²) >= 11 is 0. The minimum atomic E-state index is -0.0234. The van der Waals surface area contributed by atoms with Crippen LogP contribution >= 0.6 is 0 Å². The largest absolute Gasteiger partial charge is 0.374 e. The highest BCUT2D eigenvalue weighted by atomic mass is 16.2. The van der Waals surface area contributed by atoms with E-state index in [1.807, 2.05) is 6.07 Å². The van der Waals surface area contributed by atoms with Crippen LogP contribution in [0.5, 0.6) is 0 Å². The molecule has 0 saturated carbocycles. The van der Waals surface area contributed by atoms with Crippen molar-refractivity contribution in [2.45, 2.75) is 31.7 Å². The first-order valence-corrected chi connectivity index (χ1v) is 7.12. The number of fused-ring (bicyclic) bond motifs is 1. The van der Waals surface area contributed by atoms with Gasteiger partial charge in [-0.25, -0.2) is 0 Å². The molecular weight excluding hydrogens is 238 g/mol. The van der Waals surface area contributed by atoms with Crippen LogP contribution in [0.4, 0.5) is 11.4 Å². The predicted octanol–water partition coefficient (Wildman–Crippen LogP) is 1.76. The number of nitrogens with one attached hydrogen (secondary N) is 2. The van der Waals surface area contributed by atoms with Crippen molar-refractivity contribution in [3.8, 4) is 0 Å². The summed E-state index contributed by atoms with van der Waals surface area (Å²) in [5.74, 6) is 0.103. The van der Waals surface area contributed by atoms with Gasteiger partial charge in [0.05, 0.1) is 6.04 Å². The molecule has 2 N–H and O–H groups in total. The Hall–Kier alpha value is -1.55. The molecule has 102 valence electrons. The summed E-state index contributed by atoms with van der Waals surface area (Å²) in [6.07, 6.45) is 4.33. The summed E-state index contributed by atoms with van der Waals surface area (Å²) < 4.78 is 0. The van der Waals surface area contributed by atoms with Crippen molar-refractivity contribution < 1.29 is 4.79 Å². The number of piperidine rings is 1. The fourth-order valence-electron chi connectivity index (χ4n) is 2.95. The minimum absolute atomic E-state index is 0.0234. The van der Waals surface area contributed by atoms with Crippen molar-refractivity contribution in [2.75, 3.05) is 30.4 Å². The number of hydrogen-bond donors (Lipinski definition) is 2. The van der Waals surface area contributed by atoms with Crippen LogP contribution in [-0.4, -0.2) is 32.1 Å². The zero-order chi connectivity index (χ0) is 13.2. The van der Waals surface area contributed by atoms with Crippen molar-refractivity contribution in [2.24, 2.45) is 0 Å². The van der Waals surface area contributed by atoms with E-state index in [-0.39, 0.29) is 11.9 Å². The molecule has 2 heterocycles. The summed E-state index contributed by atoms with van der Waals surface area (Å²) in [6, 6.07) is 6.19. The number of carbonyl (C=O) groups is 1. The normalized spacial score (nSPS) is 22.2. The third-order valence-corrected chi connectivity index (χ3v) is 4.10. The van der Waals surface area contributed by atoms with Crippen molar-refractivity contribution in [3.63, 3.8) is 0 Å². The molecule has 0 radical (unpaired) electrons. The highest BCUT2D eigenvalue weighted by Crippen LogP contribution is 2.29. The van der Waals surface area contributed by atoms with Crippen LogP contribution in [0.15, 0.2) is 18.2 Å². The molecule has 1 aromatic rings. The Morgan fingerprint density at radius 1 is 1.42 bits per heavy atom. The zero-order valence-corrected chi connectivity index (χ0v) is 11.4. The number of rotatable bonds is 2. The van der Waals surface area contributed by atoms with E-state index >= 15 is 0 Å². The number of benzene rings is 1. The molecule has 2 aliphatic rings. The highest BCUT2D eigenvalue weighted by molar-refractivity contribution is 5.95. The van der Waals surface area contributed by atoms with Crippen molar-refractivity contribution in [3.05, 3.63) is 23.8 Å². The fraction of sp³-hybridized carbons (Fsp3) is 0.533. The van der Waals surface area contributed by atoms with E-state index in [0.29, 0.717) is 0 Å². The molecule has 19 heavy (non-hydrogen) atoms. The summed E-state index contributed by atoms with van der Waals surface area (Å²) in [5, 5.41) is 6.31. The standard InChI is InChI=1S/C15H21N3O/c1-18-9-7-11-10-12(5-6-14(11)18)17-15(19)13-4-2-3-8-16-13/h5-6,10,13,16H,2-4,7-9H2,1H3,(H,17,19). The average Bonchev–Trinajstić information content (AvgIpc) is 2.81. The second-order valence-corrected chi connectivity index (χ2v) is 5.51. The molecule has 4 nitrogen and oxygen atoms in total. The predicted molar refractivity (Wildman–Crippen MR) is 77.7 cm³/mol. The molecule has 0 aliphatic carbocycles. The summed E-state index contributed by atoms with van der Waals surface area (Å²) in [4.78, 5) is 14.4. The van der Waals surface area contributed by atoms with Crippen LogP contribution in [0.25, 0.3) is 0 Å². The molecule has 0 bridgehead atoms. The van der Waals surface area contributed by atoms with Gasteiger partial charge in [0.1, 0.15) is 0 Å². The van der Waals surface area contributed by atoms with E-state index in [1.165, 1.54) is 17.7 Å². The van der Waals surface area contributed by atoms with Gasteiger partial charge in [-0.3, -0.25) is 4.79 Å². The third kappa shape index (κ3) is 2.59. The molecule has 1 fully saturated rings. The molecule has 1 aromatic carbocycles. The molecule has 1 atom stereocenters. The van der Waals surface area contributed by atoms with Gasteiger partial charge in [-0.2, -0.15) is 0 Å². The second-order valence-electron chi connectivity index (χ2n) is 5.51. The fourth-order valence-corrected chi connectivity index (χ4v) is 2.95. The van der Waals surface area contributed by atoms with Gasteiger partial charge >= 0.3 is 0 Å². The van der Waals surface area contributed by atoms with Gasteiger partial charge in [0.2, 0.25) is 5.91 Å². The van der Waals surface area contributed by atoms with E-state index in [9.17, 15) is 4.79 Å². The van der Waals surface area contributed by atoms with Crippen LogP contribution in [-0.2, 0) is 11.2 Å². The molecule has 2 aliphatic heterocycles. The third-order valence-electron chi connectivity index (χ3n) is 4.10. The number of likely N-dealkylation sites (N-methyl/N-ethyl adjacent to an activating group) is 1. The quantitative estimate of drug-likeness (QED) is 0.850. The van der Waals surface area contributed by atoms with Crippen LogP contribution in [0, 0.1) is 0 Å². The van der Waals surface area contributed by atoms with Crippen LogP contribution in [0.3, 0.4) is 0 Å². The maximum Gasteiger partial charge on any atom is 0.241 e. The van der Waals surface area contributed by atoms with E-state index in [1.54, 1.807) is 0 Å². The number of anilines is 2. The van der Waals surface area contributed by atoms with Crippen LogP contribution in [0.2, 0.25) is 0 Å². The number of nitrogens with zero attached hydrogens (tertiary/aromatic N) is 1. The molecule has 1 saturated heterocycles. The Balaban J connectivity index is 1.68. The average molecular weight is 259 g/mol. The summed E-state index contributed by atoms with van der Waals surface area (Å²) in [7, 11) is 2.11. The number of amides is 1. The molecule has 0 aromatic heterocycles. The molecule has 1 unspecified atom stereocenters. The van der Waals surface area contributed by atoms with Crippen LogP contribution in [0.1, 0.15) is 24.8 Å². The Morgan fingerprint density at radius 3 is 3.11 bits per heavy atom. The van der Waals surface area contributed by atoms with Crippen molar-refractivity contribution in [1.82, 2.24) is 5.32 Å². The lowest BCUT2D eigenvalue weighted by atomic mass is 10.0. The Labute approximate surface area is 114 Å². The van der Waals surface area contributed by atoms with Crippen molar-refractivity contribution >= 4 is 17.3 Å². The lowest BCUT2D eigenvalue weighted by Gasteiger charge is -2.22. The molecule has 1 amide bonds. The lowest BCUT2D eigenvalue weighted by Crippen LogP contribution is -2.43. The SMILES string of the molecule is CN1CCc2cc(NC(=O)C3CCCCN3)ccc21. The first-order valence-electron chi connectivity index (χ1n) is 7.12. The first kappa shape index (κ1) is 12.5.